The topological polar surface area (TPSA) is 30.0 Å². The summed E-state index contributed by atoms with van der Waals surface area (Å²) < 4.78 is 26.0. The van der Waals surface area contributed by atoms with E-state index in [4.69, 9.17) is 0 Å². The van der Waals surface area contributed by atoms with Crippen LogP contribution in [0.15, 0.2) is 42.6 Å². The second-order valence-corrected chi connectivity index (χ2v) is 3.88. The first kappa shape index (κ1) is 12.4. The van der Waals surface area contributed by atoms with E-state index in [0.29, 0.717) is 5.56 Å². The average Bonchev–Trinajstić information content (AvgIpc) is 2.38. The van der Waals surface area contributed by atoms with Gasteiger partial charge in [0.15, 0.2) is 0 Å². The van der Waals surface area contributed by atoms with Crippen molar-refractivity contribution in [3.8, 4) is 0 Å². The van der Waals surface area contributed by atoms with Crippen LogP contribution in [0.3, 0.4) is 0 Å². The summed E-state index contributed by atoms with van der Waals surface area (Å²) in [6, 6.07) is 9.40. The standard InChI is InChI=1S/C14H11F2NO/c1-9-5-4-6-10(12(9)14(15)16)13(18)11-7-2-3-8-17-11/h2-8,14H,1H3. The van der Waals surface area contributed by atoms with Crippen molar-refractivity contribution in [2.75, 3.05) is 0 Å². The molecule has 2 rings (SSSR count). The molecule has 0 amide bonds. The molecule has 1 aromatic heterocycles. The molecule has 0 saturated carbocycles. The lowest BCUT2D eigenvalue weighted by Crippen LogP contribution is -2.08. The molecule has 0 N–H and O–H groups in total. The maximum absolute atomic E-state index is 13.0. The van der Waals surface area contributed by atoms with Gasteiger partial charge in [-0.15, -0.1) is 0 Å². The summed E-state index contributed by atoms with van der Waals surface area (Å²) in [5.41, 5.74) is 0.383. The fourth-order valence-corrected chi connectivity index (χ4v) is 1.80. The number of pyridine rings is 1. The summed E-state index contributed by atoms with van der Waals surface area (Å²) in [5.74, 6) is -0.477. The molecule has 0 spiro atoms. The number of alkyl halides is 2. The molecule has 1 aromatic carbocycles. The molecule has 0 atom stereocenters. The lowest BCUT2D eigenvalue weighted by Gasteiger charge is -2.10. The molecular weight excluding hydrogens is 236 g/mol. The Bertz CT molecular complexity index is 567. The Morgan fingerprint density at radius 2 is 1.94 bits per heavy atom. The van der Waals surface area contributed by atoms with Crippen LogP contribution in [0, 0.1) is 6.92 Å². The van der Waals surface area contributed by atoms with Gasteiger partial charge in [0.2, 0.25) is 5.78 Å². The number of ketones is 1. The van der Waals surface area contributed by atoms with Crippen LogP contribution in [-0.2, 0) is 0 Å². The quantitative estimate of drug-likeness (QED) is 0.776. The molecule has 0 aliphatic carbocycles. The third-order valence-corrected chi connectivity index (χ3v) is 2.68. The van der Waals surface area contributed by atoms with E-state index in [1.807, 2.05) is 0 Å². The Morgan fingerprint density at radius 1 is 1.17 bits per heavy atom. The second-order valence-electron chi connectivity index (χ2n) is 3.88. The fourth-order valence-electron chi connectivity index (χ4n) is 1.80. The number of aromatic nitrogens is 1. The van der Waals surface area contributed by atoms with Crippen molar-refractivity contribution in [2.45, 2.75) is 13.3 Å². The predicted molar refractivity (Wildman–Crippen MR) is 63.8 cm³/mol. The number of carbonyl (C=O) groups is 1. The molecule has 92 valence electrons. The van der Waals surface area contributed by atoms with E-state index in [1.54, 1.807) is 31.2 Å². The van der Waals surface area contributed by atoms with Gasteiger partial charge >= 0.3 is 0 Å². The average molecular weight is 247 g/mol. The van der Waals surface area contributed by atoms with Crippen molar-refractivity contribution in [1.82, 2.24) is 4.98 Å². The largest absolute Gasteiger partial charge is 0.287 e. The minimum absolute atomic E-state index is 0.0173. The van der Waals surface area contributed by atoms with E-state index in [-0.39, 0.29) is 16.8 Å². The van der Waals surface area contributed by atoms with Gasteiger partial charge in [-0.25, -0.2) is 8.78 Å². The Kier molecular flexibility index (Phi) is 3.46. The number of halogens is 2. The van der Waals surface area contributed by atoms with E-state index >= 15 is 0 Å². The van der Waals surface area contributed by atoms with Crippen molar-refractivity contribution in [1.29, 1.82) is 0 Å². The molecule has 18 heavy (non-hydrogen) atoms. The zero-order valence-corrected chi connectivity index (χ0v) is 9.73. The van der Waals surface area contributed by atoms with Gasteiger partial charge in [0.1, 0.15) is 5.69 Å². The van der Waals surface area contributed by atoms with E-state index in [1.165, 1.54) is 18.3 Å². The van der Waals surface area contributed by atoms with E-state index < -0.39 is 12.2 Å². The van der Waals surface area contributed by atoms with Gasteiger partial charge in [-0.1, -0.05) is 24.3 Å². The highest BCUT2D eigenvalue weighted by Gasteiger charge is 2.21. The Balaban J connectivity index is 2.52. The van der Waals surface area contributed by atoms with Gasteiger partial charge in [0, 0.05) is 17.3 Å². The summed E-state index contributed by atoms with van der Waals surface area (Å²) in [6.45, 7) is 1.57. The maximum atomic E-state index is 13.0. The van der Waals surface area contributed by atoms with Crippen LogP contribution in [0.2, 0.25) is 0 Å². The monoisotopic (exact) mass is 247 g/mol. The smallest absolute Gasteiger partial charge is 0.264 e. The Morgan fingerprint density at radius 3 is 2.56 bits per heavy atom. The molecule has 0 aliphatic heterocycles. The number of rotatable bonds is 3. The van der Waals surface area contributed by atoms with E-state index in [2.05, 4.69) is 4.98 Å². The summed E-state index contributed by atoms with van der Waals surface area (Å²) in [6.07, 6.45) is -1.21. The van der Waals surface area contributed by atoms with Crippen LogP contribution in [0.1, 0.15) is 33.6 Å². The Labute approximate surface area is 103 Å². The number of nitrogens with zero attached hydrogens (tertiary/aromatic N) is 1. The summed E-state index contributed by atoms with van der Waals surface area (Å²) in [4.78, 5) is 16.0. The minimum atomic E-state index is -2.67. The van der Waals surface area contributed by atoms with Gasteiger partial charge in [-0.3, -0.25) is 9.78 Å². The third kappa shape index (κ3) is 2.27. The third-order valence-electron chi connectivity index (χ3n) is 2.68. The first-order chi connectivity index (χ1) is 8.61. The van der Waals surface area contributed by atoms with Crippen molar-refractivity contribution < 1.29 is 13.6 Å². The maximum Gasteiger partial charge on any atom is 0.264 e. The highest BCUT2D eigenvalue weighted by molar-refractivity contribution is 6.08. The fraction of sp³-hybridized carbons (Fsp3) is 0.143. The van der Waals surface area contributed by atoms with Crippen molar-refractivity contribution in [3.05, 3.63) is 65.0 Å². The van der Waals surface area contributed by atoms with Crippen LogP contribution < -0.4 is 0 Å². The zero-order valence-electron chi connectivity index (χ0n) is 9.73. The highest BCUT2D eigenvalue weighted by atomic mass is 19.3. The molecule has 0 unspecified atom stereocenters. The number of hydrogen-bond donors (Lipinski definition) is 0. The first-order valence-electron chi connectivity index (χ1n) is 5.44. The molecule has 2 nitrogen and oxygen atoms in total. The molecule has 1 heterocycles. The summed E-state index contributed by atoms with van der Waals surface area (Å²) >= 11 is 0. The van der Waals surface area contributed by atoms with Crippen LogP contribution in [-0.4, -0.2) is 10.8 Å². The van der Waals surface area contributed by atoms with Crippen molar-refractivity contribution in [3.63, 3.8) is 0 Å². The highest BCUT2D eigenvalue weighted by Crippen LogP contribution is 2.27. The number of carbonyl (C=O) groups excluding carboxylic acids is 1. The summed E-state index contributed by atoms with van der Waals surface area (Å²) in [5, 5.41) is 0. The number of hydrogen-bond acceptors (Lipinski definition) is 2. The molecular formula is C14H11F2NO. The van der Waals surface area contributed by atoms with E-state index in [9.17, 15) is 13.6 Å². The Hall–Kier alpha value is -2.10. The lowest BCUT2D eigenvalue weighted by atomic mass is 9.97. The number of benzene rings is 1. The van der Waals surface area contributed by atoms with Crippen molar-refractivity contribution in [2.24, 2.45) is 0 Å². The zero-order chi connectivity index (χ0) is 13.1. The second kappa shape index (κ2) is 5.04. The van der Waals surface area contributed by atoms with Gasteiger partial charge in [-0.05, 0) is 24.6 Å². The predicted octanol–water partition coefficient (Wildman–Crippen LogP) is 3.56. The van der Waals surface area contributed by atoms with E-state index in [0.717, 1.165) is 0 Å². The lowest BCUT2D eigenvalue weighted by molar-refractivity contribution is 0.101. The minimum Gasteiger partial charge on any atom is -0.287 e. The van der Waals surface area contributed by atoms with Gasteiger partial charge in [0.05, 0.1) is 0 Å². The number of aryl methyl sites for hydroxylation is 1. The van der Waals surface area contributed by atoms with Crippen molar-refractivity contribution >= 4 is 5.78 Å². The molecule has 0 fully saturated rings. The molecule has 0 bridgehead atoms. The van der Waals surface area contributed by atoms with Crippen LogP contribution in [0.25, 0.3) is 0 Å². The first-order valence-corrected chi connectivity index (χ1v) is 5.44. The normalized spacial score (nSPS) is 10.7. The molecule has 0 aliphatic rings. The summed E-state index contributed by atoms with van der Waals surface area (Å²) in [7, 11) is 0. The van der Waals surface area contributed by atoms with Gasteiger partial charge < -0.3 is 0 Å². The van der Waals surface area contributed by atoms with Crippen LogP contribution >= 0.6 is 0 Å². The van der Waals surface area contributed by atoms with Crippen LogP contribution in [0.5, 0.6) is 0 Å². The molecule has 4 heteroatoms. The molecule has 0 radical (unpaired) electrons. The van der Waals surface area contributed by atoms with Crippen LogP contribution in [0.4, 0.5) is 8.78 Å². The molecule has 0 saturated heterocycles. The van der Waals surface area contributed by atoms with Gasteiger partial charge in [0.25, 0.3) is 6.43 Å². The molecule has 2 aromatic rings. The SMILES string of the molecule is Cc1cccc(C(=O)c2ccccn2)c1C(F)F. The van der Waals surface area contributed by atoms with Gasteiger partial charge in [-0.2, -0.15) is 0 Å².